The Morgan fingerprint density at radius 1 is 1.32 bits per heavy atom. The number of ketones is 1. The number of carbonyl (C=O) groups is 2. The highest BCUT2D eigenvalue weighted by Crippen LogP contribution is 2.36. The van der Waals surface area contributed by atoms with E-state index >= 15 is 0 Å². The number of nitro benzene ring substituents is 1. The lowest BCUT2D eigenvalue weighted by molar-refractivity contribution is -0.385. The van der Waals surface area contributed by atoms with Gasteiger partial charge in [-0.25, -0.2) is 4.79 Å². The third-order valence-corrected chi connectivity index (χ3v) is 2.81. The maximum absolute atomic E-state index is 12.8. The van der Waals surface area contributed by atoms with Crippen LogP contribution in [0, 0.1) is 10.1 Å². The average molecular weight is 321 g/mol. The van der Waals surface area contributed by atoms with Crippen molar-refractivity contribution in [1.82, 2.24) is 0 Å². The molecule has 0 aromatic heterocycles. The predicted molar refractivity (Wildman–Crippen MR) is 65.1 cm³/mol. The minimum absolute atomic E-state index is 0.606. The molecule has 0 spiro atoms. The van der Waals surface area contributed by atoms with Crippen LogP contribution in [-0.2, 0) is 9.53 Å². The molecule has 7 nitrogen and oxygen atoms in total. The van der Waals surface area contributed by atoms with Crippen molar-refractivity contribution in [3.05, 3.63) is 39.9 Å². The molecule has 0 radical (unpaired) electrons. The number of hydrogen-bond donors (Lipinski definition) is 1. The van der Waals surface area contributed by atoms with Gasteiger partial charge in [0.15, 0.2) is 5.78 Å². The fourth-order valence-corrected chi connectivity index (χ4v) is 1.65. The number of para-hydroxylation sites is 1. The Hall–Kier alpha value is -2.49. The molecule has 1 aromatic carbocycles. The van der Waals surface area contributed by atoms with Gasteiger partial charge < -0.3 is 9.84 Å². The van der Waals surface area contributed by atoms with E-state index in [2.05, 4.69) is 4.74 Å². The van der Waals surface area contributed by atoms with Crippen molar-refractivity contribution in [2.45, 2.75) is 18.2 Å². The summed E-state index contributed by atoms with van der Waals surface area (Å²) < 4.78 is 42.4. The van der Waals surface area contributed by atoms with Crippen molar-refractivity contribution < 1.29 is 37.5 Å². The van der Waals surface area contributed by atoms with Crippen LogP contribution < -0.4 is 0 Å². The Bertz CT molecular complexity index is 615. The molecular formula is C12H10F3NO6. The standard InChI is InChI=1S/C12H10F3NO6/c1-22-10(18)11(19,12(13,14)15)6-9(17)7-4-2-3-5-8(7)16(20)21/h2-5,19H,6H2,1H3/t11-/m1/s1. The van der Waals surface area contributed by atoms with E-state index in [1.165, 1.54) is 12.1 Å². The zero-order chi connectivity index (χ0) is 17.1. The Balaban J connectivity index is 3.24. The molecule has 0 amide bonds. The monoisotopic (exact) mass is 321 g/mol. The Morgan fingerprint density at radius 3 is 2.32 bits per heavy atom. The quantitative estimate of drug-likeness (QED) is 0.382. The molecule has 0 saturated carbocycles. The maximum atomic E-state index is 12.8. The maximum Gasteiger partial charge on any atom is 0.428 e. The van der Waals surface area contributed by atoms with Crippen LogP contribution in [0.1, 0.15) is 16.8 Å². The van der Waals surface area contributed by atoms with E-state index < -0.39 is 46.1 Å². The summed E-state index contributed by atoms with van der Waals surface area (Å²) in [7, 11) is 0.606. The number of benzene rings is 1. The highest BCUT2D eigenvalue weighted by molar-refractivity contribution is 6.03. The van der Waals surface area contributed by atoms with Crippen LogP contribution in [0.5, 0.6) is 0 Å². The Morgan fingerprint density at radius 2 is 1.86 bits per heavy atom. The van der Waals surface area contributed by atoms with Crippen LogP contribution in [-0.4, -0.2) is 40.7 Å². The number of alkyl halides is 3. The van der Waals surface area contributed by atoms with Gasteiger partial charge in [0, 0.05) is 6.07 Å². The molecule has 1 atom stereocenters. The highest BCUT2D eigenvalue weighted by atomic mass is 19.4. The van der Waals surface area contributed by atoms with E-state index in [-0.39, 0.29) is 0 Å². The first-order valence-electron chi connectivity index (χ1n) is 5.68. The van der Waals surface area contributed by atoms with Crippen molar-refractivity contribution in [3.8, 4) is 0 Å². The minimum atomic E-state index is -5.49. The topological polar surface area (TPSA) is 107 Å². The largest absolute Gasteiger partial charge is 0.467 e. The van der Waals surface area contributed by atoms with Crippen molar-refractivity contribution >= 4 is 17.4 Å². The summed E-state index contributed by atoms with van der Waals surface area (Å²) in [5.74, 6) is -3.50. The molecule has 0 bridgehead atoms. The van der Waals surface area contributed by atoms with Gasteiger partial charge in [0.25, 0.3) is 11.3 Å². The lowest BCUT2D eigenvalue weighted by atomic mass is 9.92. The van der Waals surface area contributed by atoms with Crippen molar-refractivity contribution in [1.29, 1.82) is 0 Å². The molecule has 0 fully saturated rings. The summed E-state index contributed by atoms with van der Waals surface area (Å²) in [6.45, 7) is 0. The van der Waals surface area contributed by atoms with E-state index in [0.717, 1.165) is 12.1 Å². The van der Waals surface area contributed by atoms with E-state index in [1.54, 1.807) is 0 Å². The number of halogens is 3. The van der Waals surface area contributed by atoms with Crippen molar-refractivity contribution in [2.24, 2.45) is 0 Å². The van der Waals surface area contributed by atoms with E-state index in [9.17, 15) is 38.0 Å². The van der Waals surface area contributed by atoms with Crippen LogP contribution in [0.3, 0.4) is 0 Å². The van der Waals surface area contributed by atoms with Gasteiger partial charge in [-0.1, -0.05) is 12.1 Å². The molecule has 0 saturated heterocycles. The number of Topliss-reactive ketones (excluding diaryl/α,β-unsaturated/α-hetero) is 1. The van der Waals surface area contributed by atoms with Crippen LogP contribution in [0.15, 0.2) is 24.3 Å². The fourth-order valence-electron chi connectivity index (χ4n) is 1.65. The summed E-state index contributed by atoms with van der Waals surface area (Å²) in [5.41, 5.74) is -5.47. The van der Waals surface area contributed by atoms with Gasteiger partial charge in [-0.2, -0.15) is 13.2 Å². The smallest absolute Gasteiger partial charge is 0.428 e. The lowest BCUT2D eigenvalue weighted by Crippen LogP contribution is -2.54. The molecule has 0 aliphatic heterocycles. The number of nitrogens with zero attached hydrogens (tertiary/aromatic N) is 1. The molecule has 10 heteroatoms. The number of rotatable bonds is 5. The lowest BCUT2D eigenvalue weighted by Gasteiger charge is -2.26. The first-order chi connectivity index (χ1) is 10.0. The van der Waals surface area contributed by atoms with Crippen LogP contribution >= 0.6 is 0 Å². The zero-order valence-electron chi connectivity index (χ0n) is 11.1. The van der Waals surface area contributed by atoms with Crippen LogP contribution in [0.4, 0.5) is 18.9 Å². The highest BCUT2D eigenvalue weighted by Gasteiger charge is 2.61. The SMILES string of the molecule is COC(=O)[C@](O)(CC(=O)c1ccccc1[N+](=O)[O-])C(F)(F)F. The summed E-state index contributed by atoms with van der Waals surface area (Å²) >= 11 is 0. The predicted octanol–water partition coefficient (Wildman–Crippen LogP) is 1.63. The first kappa shape index (κ1) is 17.6. The second kappa shape index (κ2) is 6.10. The van der Waals surface area contributed by atoms with Gasteiger partial charge in [-0.3, -0.25) is 14.9 Å². The zero-order valence-corrected chi connectivity index (χ0v) is 11.1. The Kier molecular flexibility index (Phi) is 4.87. The normalized spacial score (nSPS) is 14.0. The first-order valence-corrected chi connectivity index (χ1v) is 5.68. The summed E-state index contributed by atoms with van der Waals surface area (Å²) in [6, 6.07) is 4.25. The minimum Gasteiger partial charge on any atom is -0.467 e. The van der Waals surface area contributed by atoms with E-state index in [4.69, 9.17) is 0 Å². The van der Waals surface area contributed by atoms with Gasteiger partial charge in [0.2, 0.25) is 0 Å². The molecule has 1 N–H and O–H groups in total. The van der Waals surface area contributed by atoms with Crippen LogP contribution in [0.2, 0.25) is 0 Å². The molecule has 120 valence electrons. The van der Waals surface area contributed by atoms with Crippen molar-refractivity contribution in [3.63, 3.8) is 0 Å². The summed E-state index contributed by atoms with van der Waals surface area (Å²) in [6.07, 6.45) is -7.21. The number of ether oxygens (including phenoxy) is 1. The number of methoxy groups -OCH3 is 1. The molecule has 0 aliphatic carbocycles. The number of aliphatic hydroxyl groups is 1. The number of nitro groups is 1. The number of esters is 1. The van der Waals surface area contributed by atoms with Gasteiger partial charge in [-0.15, -0.1) is 0 Å². The summed E-state index contributed by atoms with van der Waals surface area (Å²) in [4.78, 5) is 32.9. The Labute approximate surface area is 121 Å². The van der Waals surface area contributed by atoms with Gasteiger partial charge >= 0.3 is 12.1 Å². The molecule has 0 heterocycles. The summed E-state index contributed by atoms with van der Waals surface area (Å²) in [5, 5.41) is 20.2. The molecule has 1 aromatic rings. The third-order valence-electron chi connectivity index (χ3n) is 2.81. The second-order valence-electron chi connectivity index (χ2n) is 4.22. The third kappa shape index (κ3) is 3.22. The van der Waals surface area contributed by atoms with Gasteiger partial charge in [0.05, 0.1) is 24.0 Å². The van der Waals surface area contributed by atoms with Gasteiger partial charge in [-0.05, 0) is 6.07 Å². The fraction of sp³-hybridized carbons (Fsp3) is 0.333. The molecule has 0 unspecified atom stereocenters. The number of hydrogen-bond acceptors (Lipinski definition) is 6. The average Bonchev–Trinajstić information content (AvgIpc) is 2.44. The van der Waals surface area contributed by atoms with Crippen LogP contribution in [0.25, 0.3) is 0 Å². The van der Waals surface area contributed by atoms with E-state index in [1.807, 2.05) is 0 Å². The molecular weight excluding hydrogens is 311 g/mol. The number of carbonyl (C=O) groups excluding carboxylic acids is 2. The van der Waals surface area contributed by atoms with Crippen molar-refractivity contribution in [2.75, 3.05) is 7.11 Å². The van der Waals surface area contributed by atoms with E-state index in [0.29, 0.717) is 7.11 Å². The molecule has 0 aliphatic rings. The molecule has 1 rings (SSSR count). The molecule has 22 heavy (non-hydrogen) atoms. The van der Waals surface area contributed by atoms with Gasteiger partial charge in [0.1, 0.15) is 0 Å². The second-order valence-corrected chi connectivity index (χ2v) is 4.22.